The van der Waals surface area contributed by atoms with Crippen LogP contribution in [0.3, 0.4) is 0 Å². The smallest absolute Gasteiger partial charge is 0.180 e. The number of fused-ring (bicyclic) bond motifs is 1. The summed E-state index contributed by atoms with van der Waals surface area (Å²) in [5, 5.41) is 22.8. The lowest BCUT2D eigenvalue weighted by atomic mass is 9.77. The molecule has 4 aromatic carbocycles. The van der Waals surface area contributed by atoms with Gasteiger partial charge in [0.05, 0.1) is 0 Å². The largest absolute Gasteiger partial charge is 0.396 e. The van der Waals surface area contributed by atoms with Crippen molar-refractivity contribution >= 4 is 17.0 Å². The first kappa shape index (κ1) is 25.5. The summed E-state index contributed by atoms with van der Waals surface area (Å²) < 4.78 is 1.71. The fourth-order valence-corrected chi connectivity index (χ4v) is 5.65. The van der Waals surface area contributed by atoms with Crippen molar-refractivity contribution in [2.45, 2.75) is 17.9 Å². The SMILES string of the molecule is Cn1nnc2c([C@H](CCO)c3ccccc3)cc(NC(c3ccccc3)(c3ccccc3)c3ccccc3)nc21. The van der Waals surface area contributed by atoms with Gasteiger partial charge < -0.3 is 10.4 Å². The van der Waals surface area contributed by atoms with Crippen molar-refractivity contribution in [1.82, 2.24) is 20.0 Å². The highest BCUT2D eigenvalue weighted by Crippen LogP contribution is 2.41. The Bertz CT molecular complexity index is 1590. The summed E-state index contributed by atoms with van der Waals surface area (Å²) in [4.78, 5) is 5.06. The topological polar surface area (TPSA) is 75.9 Å². The van der Waals surface area contributed by atoms with Crippen molar-refractivity contribution < 1.29 is 5.11 Å². The molecule has 2 heterocycles. The maximum Gasteiger partial charge on any atom is 0.180 e. The van der Waals surface area contributed by atoms with E-state index in [0.29, 0.717) is 17.9 Å². The summed E-state index contributed by atoms with van der Waals surface area (Å²) in [7, 11) is 1.86. The van der Waals surface area contributed by atoms with Gasteiger partial charge in [-0.1, -0.05) is 127 Å². The van der Waals surface area contributed by atoms with E-state index >= 15 is 0 Å². The molecule has 0 fully saturated rings. The first-order valence-corrected chi connectivity index (χ1v) is 13.5. The van der Waals surface area contributed by atoms with Crippen LogP contribution < -0.4 is 5.32 Å². The van der Waals surface area contributed by atoms with Crippen LogP contribution in [-0.2, 0) is 12.6 Å². The molecule has 0 aliphatic heterocycles. The molecule has 2 aromatic heterocycles. The van der Waals surface area contributed by atoms with Gasteiger partial charge >= 0.3 is 0 Å². The normalized spacial score (nSPS) is 12.3. The fraction of sp³-hybridized carbons (Fsp3) is 0.147. The van der Waals surface area contributed by atoms with Gasteiger partial charge in [0.15, 0.2) is 5.65 Å². The minimum Gasteiger partial charge on any atom is -0.396 e. The van der Waals surface area contributed by atoms with Gasteiger partial charge in [-0.15, -0.1) is 5.10 Å². The molecule has 0 amide bonds. The summed E-state index contributed by atoms with van der Waals surface area (Å²) in [6.45, 7) is 0.0500. The van der Waals surface area contributed by atoms with Crippen molar-refractivity contribution in [3.05, 3.63) is 155 Å². The molecule has 1 atom stereocenters. The van der Waals surface area contributed by atoms with Crippen LogP contribution in [0.15, 0.2) is 127 Å². The molecule has 0 aliphatic rings. The lowest BCUT2D eigenvalue weighted by Crippen LogP contribution is -2.38. The molecular weight excluding hydrogens is 494 g/mol. The first-order valence-electron chi connectivity index (χ1n) is 13.5. The number of aliphatic hydroxyl groups is 1. The van der Waals surface area contributed by atoms with Crippen molar-refractivity contribution in [1.29, 1.82) is 0 Å². The Balaban J connectivity index is 1.60. The third-order valence-corrected chi connectivity index (χ3v) is 7.52. The van der Waals surface area contributed by atoms with Crippen molar-refractivity contribution in [3.63, 3.8) is 0 Å². The number of benzene rings is 4. The average Bonchev–Trinajstić information content (AvgIpc) is 3.40. The minimum absolute atomic E-state index is 0.0500. The van der Waals surface area contributed by atoms with Gasteiger partial charge in [0.1, 0.15) is 16.9 Å². The van der Waals surface area contributed by atoms with Gasteiger partial charge in [0, 0.05) is 19.6 Å². The Morgan fingerprint density at radius 1 is 0.750 bits per heavy atom. The highest BCUT2D eigenvalue weighted by Gasteiger charge is 2.37. The highest BCUT2D eigenvalue weighted by molar-refractivity contribution is 5.79. The van der Waals surface area contributed by atoms with Gasteiger partial charge in [-0.25, -0.2) is 9.67 Å². The number of aryl methyl sites for hydroxylation is 1. The van der Waals surface area contributed by atoms with Gasteiger partial charge in [0.2, 0.25) is 0 Å². The molecule has 0 unspecified atom stereocenters. The highest BCUT2D eigenvalue weighted by atomic mass is 16.3. The third kappa shape index (κ3) is 4.63. The van der Waals surface area contributed by atoms with Crippen molar-refractivity contribution in [3.8, 4) is 0 Å². The molecule has 0 saturated heterocycles. The van der Waals surface area contributed by atoms with E-state index in [-0.39, 0.29) is 12.5 Å². The van der Waals surface area contributed by atoms with E-state index in [4.69, 9.17) is 4.98 Å². The Morgan fingerprint density at radius 3 is 1.75 bits per heavy atom. The molecule has 6 heteroatoms. The van der Waals surface area contributed by atoms with E-state index in [0.717, 1.165) is 33.3 Å². The Morgan fingerprint density at radius 2 is 1.25 bits per heavy atom. The summed E-state index contributed by atoms with van der Waals surface area (Å²) in [5.74, 6) is 0.622. The van der Waals surface area contributed by atoms with Crippen molar-refractivity contribution in [2.24, 2.45) is 7.05 Å². The van der Waals surface area contributed by atoms with E-state index in [1.54, 1.807) is 4.68 Å². The molecule has 198 valence electrons. The molecular formula is C34H31N5O. The van der Waals surface area contributed by atoms with E-state index in [1.165, 1.54) is 0 Å². The molecule has 2 N–H and O–H groups in total. The summed E-state index contributed by atoms with van der Waals surface area (Å²) >= 11 is 0. The number of aliphatic hydroxyl groups excluding tert-OH is 1. The van der Waals surface area contributed by atoms with Crippen LogP contribution in [0.5, 0.6) is 0 Å². The van der Waals surface area contributed by atoms with Gasteiger partial charge in [-0.2, -0.15) is 0 Å². The summed E-state index contributed by atoms with van der Waals surface area (Å²) in [5.41, 5.74) is 6.05. The number of aromatic nitrogens is 4. The molecule has 40 heavy (non-hydrogen) atoms. The molecule has 0 saturated carbocycles. The monoisotopic (exact) mass is 525 g/mol. The second kappa shape index (κ2) is 11.1. The van der Waals surface area contributed by atoms with E-state index in [9.17, 15) is 5.11 Å². The zero-order valence-electron chi connectivity index (χ0n) is 22.4. The molecule has 0 spiro atoms. The first-order chi connectivity index (χ1) is 19.7. The van der Waals surface area contributed by atoms with Crippen LogP contribution in [0.1, 0.15) is 40.2 Å². The van der Waals surface area contributed by atoms with Crippen LogP contribution in [0.2, 0.25) is 0 Å². The Labute approximate surface area is 234 Å². The maximum absolute atomic E-state index is 10.1. The predicted octanol–water partition coefficient (Wildman–Crippen LogP) is 6.28. The van der Waals surface area contributed by atoms with Gasteiger partial charge in [-0.3, -0.25) is 0 Å². The van der Waals surface area contributed by atoms with Crippen LogP contribution in [-0.4, -0.2) is 31.7 Å². The standard InChI is InChI=1S/C34H31N5O/c1-39-33-32(37-38-39)30(29(22-23-40)25-14-6-2-7-15-25)24-31(35-33)36-34(26-16-8-3-9-17-26,27-18-10-4-11-19-27)28-20-12-5-13-21-28/h2-21,24,29,40H,22-23H2,1H3,(H,35,36)/t29-/m1/s1. The third-order valence-electron chi connectivity index (χ3n) is 7.52. The number of hydrogen-bond acceptors (Lipinski definition) is 5. The Hall–Kier alpha value is -4.81. The van der Waals surface area contributed by atoms with E-state index in [2.05, 4.69) is 107 Å². The molecule has 6 aromatic rings. The van der Waals surface area contributed by atoms with Crippen LogP contribution in [0, 0.1) is 0 Å². The maximum atomic E-state index is 10.1. The molecule has 0 bridgehead atoms. The van der Waals surface area contributed by atoms with Crippen LogP contribution in [0.25, 0.3) is 11.2 Å². The Kier molecular flexibility index (Phi) is 7.08. The summed E-state index contributed by atoms with van der Waals surface area (Å²) in [6.07, 6.45) is 0.556. The number of nitrogens with one attached hydrogen (secondary N) is 1. The second-order valence-corrected chi connectivity index (χ2v) is 9.93. The molecule has 0 aliphatic carbocycles. The van der Waals surface area contributed by atoms with E-state index < -0.39 is 5.54 Å². The van der Waals surface area contributed by atoms with Gasteiger partial charge in [0.25, 0.3) is 0 Å². The van der Waals surface area contributed by atoms with Crippen LogP contribution >= 0.6 is 0 Å². The zero-order valence-corrected chi connectivity index (χ0v) is 22.4. The zero-order chi connectivity index (χ0) is 27.4. The van der Waals surface area contributed by atoms with Crippen molar-refractivity contribution in [2.75, 3.05) is 11.9 Å². The number of rotatable bonds is 9. The van der Waals surface area contributed by atoms with Gasteiger partial charge in [-0.05, 0) is 40.3 Å². The van der Waals surface area contributed by atoms with E-state index in [1.807, 2.05) is 43.4 Å². The molecule has 6 rings (SSSR count). The average molecular weight is 526 g/mol. The second-order valence-electron chi connectivity index (χ2n) is 9.93. The number of pyridine rings is 1. The number of anilines is 1. The summed E-state index contributed by atoms with van der Waals surface area (Å²) in [6, 6.07) is 43.7. The predicted molar refractivity (Wildman–Crippen MR) is 159 cm³/mol. The quantitative estimate of drug-likeness (QED) is 0.217. The fourth-order valence-electron chi connectivity index (χ4n) is 5.65. The lowest BCUT2D eigenvalue weighted by molar-refractivity contribution is 0.282. The lowest BCUT2D eigenvalue weighted by Gasteiger charge is -2.37. The molecule has 0 radical (unpaired) electrons. The minimum atomic E-state index is -0.729. The van der Waals surface area contributed by atoms with Crippen LogP contribution in [0.4, 0.5) is 5.82 Å². The number of nitrogens with zero attached hydrogens (tertiary/aromatic N) is 4. The number of hydrogen-bond donors (Lipinski definition) is 2. The molecule has 6 nitrogen and oxygen atoms in total.